The van der Waals surface area contributed by atoms with E-state index in [1.165, 1.54) is 12.1 Å². The van der Waals surface area contributed by atoms with Crippen molar-refractivity contribution < 1.29 is 17.4 Å². The van der Waals surface area contributed by atoms with E-state index in [1.54, 1.807) is 23.9 Å². The summed E-state index contributed by atoms with van der Waals surface area (Å²) in [6.45, 7) is 3.81. The van der Waals surface area contributed by atoms with E-state index < -0.39 is 15.7 Å². The molecule has 0 aliphatic heterocycles. The minimum Gasteiger partial charge on any atom is -0.382 e. The van der Waals surface area contributed by atoms with Crippen molar-refractivity contribution in [2.24, 2.45) is 0 Å². The molecule has 1 rings (SSSR count). The predicted molar refractivity (Wildman–Crippen MR) is 81.8 cm³/mol. The van der Waals surface area contributed by atoms with Gasteiger partial charge < -0.3 is 9.50 Å². The van der Waals surface area contributed by atoms with Gasteiger partial charge >= 0.3 is 10.1 Å². The van der Waals surface area contributed by atoms with Crippen LogP contribution in [0.4, 0.5) is 0 Å². The third-order valence-electron chi connectivity index (χ3n) is 2.33. The molecule has 1 aromatic rings. The maximum atomic E-state index is 12.2. The largest absolute Gasteiger partial charge is 0.382 e. The lowest BCUT2D eigenvalue weighted by Crippen LogP contribution is -2.45. The Bertz CT molecular complexity index is 582. The van der Waals surface area contributed by atoms with Gasteiger partial charge in [-0.1, -0.05) is 12.1 Å². The van der Waals surface area contributed by atoms with E-state index >= 15 is 0 Å². The molecule has 7 heteroatoms. The average Bonchev–Trinajstić information content (AvgIpc) is 2.26. The van der Waals surface area contributed by atoms with E-state index in [0.29, 0.717) is 0 Å². The summed E-state index contributed by atoms with van der Waals surface area (Å²) in [5, 5.41) is 2.87. The molecule has 0 unspecified atom stereocenters. The molecule has 1 N–H and O–H groups in total. The summed E-state index contributed by atoms with van der Waals surface area (Å²) in [5.41, 5.74) is -0.193. The fraction of sp³-hybridized carbons (Fsp3) is 0.462. The molecule has 0 fully saturated rings. The van der Waals surface area contributed by atoms with Crippen LogP contribution in [-0.2, 0) is 10.1 Å². The Balaban J connectivity index is 2.99. The fourth-order valence-electron chi connectivity index (χ4n) is 1.66. The van der Waals surface area contributed by atoms with Crippen molar-refractivity contribution in [3.63, 3.8) is 0 Å². The van der Waals surface area contributed by atoms with Gasteiger partial charge in [0.15, 0.2) is 5.75 Å². The van der Waals surface area contributed by atoms with Gasteiger partial charge in [0.1, 0.15) is 0 Å². The van der Waals surface area contributed by atoms with Gasteiger partial charge in [-0.2, -0.15) is 20.2 Å². The summed E-state index contributed by atoms with van der Waals surface area (Å²) in [6, 6.07) is 6.26. The summed E-state index contributed by atoms with van der Waals surface area (Å²) >= 11 is 1.62. The van der Waals surface area contributed by atoms with Gasteiger partial charge in [-0.15, -0.1) is 0 Å². The van der Waals surface area contributed by atoms with Gasteiger partial charge in [-0.3, -0.25) is 4.79 Å². The monoisotopic (exact) mass is 317 g/mol. The Morgan fingerprint density at radius 3 is 2.50 bits per heavy atom. The Morgan fingerprint density at radius 1 is 1.35 bits per heavy atom. The summed E-state index contributed by atoms with van der Waals surface area (Å²) in [4.78, 5) is 12.2. The highest BCUT2D eigenvalue weighted by molar-refractivity contribution is 7.98. The molecular weight excluding hydrogens is 298 g/mol. The van der Waals surface area contributed by atoms with Crippen LogP contribution in [0.5, 0.6) is 5.75 Å². The lowest BCUT2D eigenvalue weighted by molar-refractivity contribution is 0.0919. The van der Waals surface area contributed by atoms with E-state index in [2.05, 4.69) is 5.32 Å². The Kier molecular flexibility index (Phi) is 5.47. The molecule has 0 spiro atoms. The molecular formula is C13H19NO4S2. The van der Waals surface area contributed by atoms with Crippen molar-refractivity contribution >= 4 is 27.8 Å². The maximum absolute atomic E-state index is 12.2. The van der Waals surface area contributed by atoms with E-state index in [4.69, 9.17) is 4.18 Å². The molecule has 1 aromatic carbocycles. The first-order chi connectivity index (χ1) is 9.14. The van der Waals surface area contributed by atoms with Crippen molar-refractivity contribution in [2.45, 2.75) is 19.4 Å². The number of para-hydroxylation sites is 1. The number of nitrogens with one attached hydrogen (secondary N) is 1. The highest BCUT2D eigenvalue weighted by atomic mass is 32.2. The summed E-state index contributed by atoms with van der Waals surface area (Å²) in [5.74, 6) is 0.421. The van der Waals surface area contributed by atoms with Crippen molar-refractivity contribution in [2.75, 3.05) is 18.3 Å². The van der Waals surface area contributed by atoms with Gasteiger partial charge in [0.25, 0.3) is 5.91 Å². The number of amides is 1. The molecule has 1 amide bonds. The van der Waals surface area contributed by atoms with Crippen LogP contribution in [0.2, 0.25) is 0 Å². The second-order valence-electron chi connectivity index (χ2n) is 5.05. The van der Waals surface area contributed by atoms with Gasteiger partial charge in [-0.05, 0) is 32.2 Å². The molecule has 112 valence electrons. The van der Waals surface area contributed by atoms with Crippen LogP contribution in [0.1, 0.15) is 24.2 Å². The molecule has 0 saturated heterocycles. The molecule has 20 heavy (non-hydrogen) atoms. The molecule has 0 aliphatic rings. The van der Waals surface area contributed by atoms with Gasteiger partial charge in [0.2, 0.25) is 0 Å². The number of thioether (sulfide) groups is 1. The zero-order valence-electron chi connectivity index (χ0n) is 12.0. The SMILES string of the molecule is CSCC(C)(C)NC(=O)c1ccccc1OS(C)(=O)=O. The number of benzene rings is 1. The van der Waals surface area contributed by atoms with Gasteiger partial charge in [0, 0.05) is 11.3 Å². The van der Waals surface area contributed by atoms with Crippen LogP contribution in [0.15, 0.2) is 24.3 Å². The summed E-state index contributed by atoms with van der Waals surface area (Å²) in [6.07, 6.45) is 2.90. The molecule has 0 atom stereocenters. The summed E-state index contributed by atoms with van der Waals surface area (Å²) in [7, 11) is -3.67. The normalized spacial score (nSPS) is 12.0. The van der Waals surface area contributed by atoms with Crippen LogP contribution in [0.25, 0.3) is 0 Å². The number of hydrogen-bond acceptors (Lipinski definition) is 5. The lowest BCUT2D eigenvalue weighted by atomic mass is 10.1. The molecule has 0 heterocycles. The third kappa shape index (κ3) is 5.42. The van der Waals surface area contributed by atoms with Crippen molar-refractivity contribution in [1.82, 2.24) is 5.32 Å². The molecule has 0 bridgehead atoms. The van der Waals surface area contributed by atoms with Crippen LogP contribution < -0.4 is 9.50 Å². The first-order valence-corrected chi connectivity index (χ1v) is 9.15. The molecule has 0 radical (unpaired) electrons. The van der Waals surface area contributed by atoms with Crippen molar-refractivity contribution in [3.8, 4) is 5.75 Å². The highest BCUT2D eigenvalue weighted by Crippen LogP contribution is 2.21. The maximum Gasteiger partial charge on any atom is 0.306 e. The molecule has 0 aliphatic carbocycles. The van der Waals surface area contributed by atoms with Gasteiger partial charge in [0.05, 0.1) is 11.8 Å². The second kappa shape index (κ2) is 6.49. The minimum absolute atomic E-state index is 0.0347. The van der Waals surface area contributed by atoms with Crippen LogP contribution >= 0.6 is 11.8 Å². The number of carbonyl (C=O) groups is 1. The van der Waals surface area contributed by atoms with Gasteiger partial charge in [-0.25, -0.2) is 0 Å². The zero-order chi connectivity index (χ0) is 15.4. The topological polar surface area (TPSA) is 72.5 Å². The van der Waals surface area contributed by atoms with E-state index in [1.807, 2.05) is 20.1 Å². The first kappa shape index (κ1) is 16.8. The first-order valence-electron chi connectivity index (χ1n) is 5.94. The zero-order valence-corrected chi connectivity index (χ0v) is 13.6. The average molecular weight is 317 g/mol. The van der Waals surface area contributed by atoms with Crippen LogP contribution in [0, 0.1) is 0 Å². The van der Waals surface area contributed by atoms with Crippen LogP contribution in [0.3, 0.4) is 0 Å². The fourth-order valence-corrected chi connectivity index (χ4v) is 2.93. The number of rotatable bonds is 6. The summed E-state index contributed by atoms with van der Waals surface area (Å²) < 4.78 is 27.2. The molecule has 0 aromatic heterocycles. The smallest absolute Gasteiger partial charge is 0.306 e. The van der Waals surface area contributed by atoms with E-state index in [0.717, 1.165) is 12.0 Å². The minimum atomic E-state index is -3.67. The number of hydrogen-bond donors (Lipinski definition) is 1. The Labute approximate surface area is 124 Å². The molecule has 0 saturated carbocycles. The number of carbonyl (C=O) groups excluding carboxylic acids is 1. The van der Waals surface area contributed by atoms with E-state index in [9.17, 15) is 13.2 Å². The third-order valence-corrected chi connectivity index (χ3v) is 3.82. The molecule has 5 nitrogen and oxygen atoms in total. The van der Waals surface area contributed by atoms with Crippen molar-refractivity contribution in [1.29, 1.82) is 0 Å². The highest BCUT2D eigenvalue weighted by Gasteiger charge is 2.23. The second-order valence-corrected chi connectivity index (χ2v) is 7.50. The van der Waals surface area contributed by atoms with Crippen molar-refractivity contribution in [3.05, 3.63) is 29.8 Å². The Morgan fingerprint density at radius 2 is 1.95 bits per heavy atom. The standard InChI is InChI=1S/C13H19NO4S2/c1-13(2,9-19-3)14-12(15)10-7-5-6-8-11(10)18-20(4,16)17/h5-8H,9H2,1-4H3,(H,14,15). The lowest BCUT2D eigenvalue weighted by Gasteiger charge is -2.25. The predicted octanol–water partition coefficient (Wildman–Crippen LogP) is 1.90. The quantitative estimate of drug-likeness (QED) is 0.811. The Hall–Kier alpha value is -1.21. The van der Waals surface area contributed by atoms with Crippen LogP contribution in [-0.4, -0.2) is 38.1 Å². The van der Waals surface area contributed by atoms with E-state index in [-0.39, 0.29) is 17.2 Å².